The van der Waals surface area contributed by atoms with Gasteiger partial charge in [-0.1, -0.05) is 226 Å². The molecule has 0 bridgehead atoms. The van der Waals surface area contributed by atoms with Crippen LogP contribution in [0.5, 0.6) is 46.0 Å². The summed E-state index contributed by atoms with van der Waals surface area (Å²) in [6, 6.07) is 54.2. The Kier molecular flexibility index (Phi) is 33.4. The first-order chi connectivity index (χ1) is 51.6. The molecular weight excluding hydrogens is 1420 g/mol. The first-order valence-corrected chi connectivity index (χ1v) is 51.0. The third kappa shape index (κ3) is 26.3. The summed E-state index contributed by atoms with van der Waals surface area (Å²) in [5, 5.41) is 19.9. The van der Waals surface area contributed by atoms with Gasteiger partial charge in [0, 0.05) is 21.7 Å². The Morgan fingerprint density at radius 2 is 0.482 bits per heavy atom. The topological polar surface area (TPSA) is 95.8 Å². The van der Waals surface area contributed by atoms with Crippen LogP contribution in [0.15, 0.2) is 284 Å². The number of phenols is 2. The molecule has 0 aliphatic heterocycles. The molecule has 0 amide bonds. The number of aromatic hydroxyl groups is 2. The van der Waals surface area contributed by atoms with Crippen LogP contribution in [0.3, 0.4) is 0 Å². The molecule has 8 aromatic rings. The second-order valence-corrected chi connectivity index (χ2v) is 49.4. The number of phenolic OH excluding ortho intramolecular Hbond substituents is 2. The van der Waals surface area contributed by atoms with Crippen LogP contribution < -0.4 is 27.2 Å². The fourth-order valence-corrected chi connectivity index (χ4v) is 15.8. The molecule has 0 heterocycles. The quantitative estimate of drug-likeness (QED) is 0.0296. The van der Waals surface area contributed by atoms with E-state index >= 15 is 0 Å². The summed E-state index contributed by atoms with van der Waals surface area (Å²) in [5.74, 6) is 6.15. The van der Waals surface area contributed by atoms with E-state index in [0.29, 0.717) is 37.6 Å². The molecule has 0 fully saturated rings. The molecule has 2 N–H and O–H groups in total. The van der Waals surface area contributed by atoms with Crippen molar-refractivity contribution in [2.24, 2.45) is 0 Å². The number of rotatable bonds is 36. The predicted octanol–water partition coefficient (Wildman–Crippen LogP) is 26.0. The summed E-state index contributed by atoms with van der Waals surface area (Å²) in [4.78, 5) is 0. The number of benzene rings is 8. The molecule has 8 rings (SSSR count). The summed E-state index contributed by atoms with van der Waals surface area (Å²) in [6.45, 7) is 79.2. The maximum atomic E-state index is 9.96. The predicted molar refractivity (Wildman–Crippen MR) is 483 cm³/mol. The molecule has 12 heteroatoms. The first kappa shape index (κ1) is 91.0. The zero-order valence-corrected chi connectivity index (χ0v) is 73.9. The maximum absolute atomic E-state index is 9.96. The van der Waals surface area contributed by atoms with E-state index in [-0.39, 0.29) is 21.7 Å². The lowest BCUT2D eigenvalue weighted by atomic mass is 9.77. The minimum absolute atomic E-state index is 0.0894. The number of hydrogen-bond donors (Lipinski definition) is 2. The Morgan fingerprint density at radius 1 is 0.273 bits per heavy atom. The van der Waals surface area contributed by atoms with E-state index in [2.05, 4.69) is 284 Å². The Labute approximate surface area is 667 Å². The zero-order valence-electron chi connectivity index (χ0n) is 69.9. The van der Waals surface area contributed by atoms with Crippen molar-refractivity contribution in [3.8, 4) is 46.0 Å². The van der Waals surface area contributed by atoms with E-state index < -0.39 is 33.3 Å². The van der Waals surface area contributed by atoms with E-state index in [1.54, 1.807) is 36.4 Å². The van der Waals surface area contributed by atoms with E-state index in [1.165, 1.54) is 44.5 Å². The van der Waals surface area contributed by atoms with Gasteiger partial charge >= 0.3 is 0 Å². The van der Waals surface area contributed by atoms with Gasteiger partial charge in [-0.25, -0.2) is 0 Å². The lowest BCUT2D eigenvalue weighted by molar-refractivity contribution is 0.362. The molecule has 0 aliphatic carbocycles. The monoisotopic (exact) mass is 1540 g/mol. The number of ether oxygens (including phenoxy) is 2. The van der Waals surface area contributed by atoms with Gasteiger partial charge in [0.25, 0.3) is 16.6 Å². The third-order valence-electron chi connectivity index (χ3n) is 19.4. The summed E-state index contributed by atoms with van der Waals surface area (Å²) in [7, 11) is -7.26. The summed E-state index contributed by atoms with van der Waals surface area (Å²) < 4.78 is 36.5. The SMILES string of the molecule is C=CCOc1ccc(C(C)(C)c2ccc(OCC=C)cc2)cc1.C=CCc1cc(C(C)(C)c2ccc(O)c(CC=C)c2)ccc1O.C=CCc1cc(C(C)(C)c2ccc(O[Si](C)(C)C)c(CC=C)c2)ccc1O[Si](C)(C)C.C=CCc1cc(C(C)(C)c2ccc(O[Si](C)(C)C=C)c(CC=C)c2)ccc1O[Si](C)(C)C=C. The van der Waals surface area contributed by atoms with Gasteiger partial charge in [-0.05, 0) is 243 Å². The van der Waals surface area contributed by atoms with Crippen LogP contribution >= 0.6 is 0 Å². The Bertz CT molecular complexity index is 4180. The standard InChI is InChI=1S/C29H40O2Si2.C27H40O2Si2.2C21H24O2/c1-11-15-23-21-25(17-19-27(23)30-32(7,8)13-3)29(5,6)26-18-20-28(24(22-26)16-12-2)31-33(9,10)14-4;1-11-13-21-19-23(15-17-25(21)28-30(5,6)7)27(3,4)24-16-18-26(29-31(8,9)10)22(20-24)14-12-2;1-5-15-22-19-11-7-17(8-12-19)21(3,4)18-9-13-20(14-10-18)23-16-6-2;1-5-7-15-13-17(9-11-19(15)22)21(3,4)18-10-12-20(23)16(14-18)8-6-2/h11-14,17-22H,1-4,15-16H2,5-10H3;11-12,15-20H,1-2,13-14H2,3-10H3;5-14H,1-2,15-16H2,3-4H3;5-6,9-14,22-23H,1-2,7-8H2,3-4H3. The average molecular weight is 1550 g/mol. The molecule has 0 aromatic heterocycles. The maximum Gasteiger partial charge on any atom is 0.269 e. The average Bonchev–Trinajstić information content (AvgIpc) is 0.790. The second-order valence-electron chi connectivity index (χ2n) is 32.9. The molecule has 0 atom stereocenters. The number of allylic oxidation sites excluding steroid dienone is 6. The smallest absolute Gasteiger partial charge is 0.269 e. The number of hydrogen-bond acceptors (Lipinski definition) is 8. The lowest BCUT2D eigenvalue weighted by Crippen LogP contribution is -2.32. The van der Waals surface area contributed by atoms with Gasteiger partial charge in [-0.3, -0.25) is 0 Å². The van der Waals surface area contributed by atoms with Crippen LogP contribution in [0.4, 0.5) is 0 Å². The van der Waals surface area contributed by atoms with Crippen LogP contribution in [0.1, 0.15) is 133 Å². The molecule has 0 unspecified atom stereocenters. The highest BCUT2D eigenvalue weighted by molar-refractivity contribution is 6.77. The van der Waals surface area contributed by atoms with Crippen LogP contribution in [0, 0.1) is 0 Å². The van der Waals surface area contributed by atoms with Gasteiger partial charge in [-0.15, -0.1) is 52.6 Å². The summed E-state index contributed by atoms with van der Waals surface area (Å²) in [5.41, 5.74) is 19.4. The van der Waals surface area contributed by atoms with Crippen molar-refractivity contribution >= 4 is 33.3 Å². The van der Waals surface area contributed by atoms with Gasteiger partial charge in [0.2, 0.25) is 16.6 Å². The summed E-state index contributed by atoms with van der Waals surface area (Å²) >= 11 is 0. The Morgan fingerprint density at radius 3 is 0.709 bits per heavy atom. The van der Waals surface area contributed by atoms with Crippen molar-refractivity contribution in [3.63, 3.8) is 0 Å². The van der Waals surface area contributed by atoms with E-state index in [1.807, 2.05) is 84.2 Å². The van der Waals surface area contributed by atoms with Gasteiger partial charge in [-0.2, -0.15) is 0 Å². The zero-order chi connectivity index (χ0) is 82.1. The largest absolute Gasteiger partial charge is 0.544 e. The fraction of sp³-hybridized carbons (Fsp3) is 0.306. The lowest BCUT2D eigenvalue weighted by Gasteiger charge is -2.30. The second kappa shape index (κ2) is 40.4. The minimum atomic E-state index is -1.95. The molecular formula is C98H128O8Si4. The highest BCUT2D eigenvalue weighted by Crippen LogP contribution is 2.42. The Hall–Kier alpha value is -9.57. The van der Waals surface area contributed by atoms with Crippen LogP contribution in [0.2, 0.25) is 65.5 Å². The molecule has 584 valence electrons. The highest BCUT2D eigenvalue weighted by Gasteiger charge is 2.32. The van der Waals surface area contributed by atoms with Crippen molar-refractivity contribution in [1.29, 1.82) is 0 Å². The molecule has 0 radical (unpaired) electrons. The van der Waals surface area contributed by atoms with Crippen molar-refractivity contribution < 1.29 is 37.4 Å². The van der Waals surface area contributed by atoms with Crippen molar-refractivity contribution in [2.75, 3.05) is 13.2 Å². The molecule has 0 saturated heterocycles. The molecule has 8 nitrogen and oxygen atoms in total. The highest BCUT2D eigenvalue weighted by atomic mass is 28.4. The summed E-state index contributed by atoms with van der Waals surface area (Å²) in [6.07, 6.45) is 19.2. The van der Waals surface area contributed by atoms with Crippen molar-refractivity contribution in [2.45, 2.75) is 181 Å². The van der Waals surface area contributed by atoms with Gasteiger partial charge < -0.3 is 37.4 Å². The van der Waals surface area contributed by atoms with Crippen molar-refractivity contribution in [1.82, 2.24) is 0 Å². The molecule has 0 saturated carbocycles. The minimum Gasteiger partial charge on any atom is -0.544 e. The van der Waals surface area contributed by atoms with Gasteiger partial charge in [0.1, 0.15) is 59.2 Å². The normalized spacial score (nSPS) is 11.7. The molecule has 0 aliphatic rings. The van der Waals surface area contributed by atoms with Crippen LogP contribution in [-0.2, 0) is 60.2 Å². The molecule has 0 spiro atoms. The molecule has 110 heavy (non-hydrogen) atoms. The first-order valence-electron chi connectivity index (χ1n) is 38.2. The van der Waals surface area contributed by atoms with Crippen molar-refractivity contribution in [3.05, 3.63) is 361 Å². The molecule has 8 aromatic carbocycles. The van der Waals surface area contributed by atoms with E-state index in [9.17, 15) is 10.2 Å². The van der Waals surface area contributed by atoms with Crippen LogP contribution in [-0.4, -0.2) is 56.7 Å². The Balaban J connectivity index is 0.000000266. The van der Waals surface area contributed by atoms with E-state index in [0.717, 1.165) is 93.6 Å². The third-order valence-corrected chi connectivity index (χ3v) is 24.5. The van der Waals surface area contributed by atoms with Crippen LogP contribution in [0.25, 0.3) is 0 Å². The van der Waals surface area contributed by atoms with E-state index in [4.69, 9.17) is 27.2 Å². The van der Waals surface area contributed by atoms with Gasteiger partial charge in [0.15, 0.2) is 0 Å². The fourth-order valence-electron chi connectivity index (χ4n) is 12.3. The van der Waals surface area contributed by atoms with Gasteiger partial charge in [0.05, 0.1) is 0 Å².